The van der Waals surface area contributed by atoms with Crippen LogP contribution in [0.15, 0.2) is 12.1 Å². The van der Waals surface area contributed by atoms with Crippen LogP contribution in [-0.4, -0.2) is 24.0 Å². The number of nitrogens with zero attached hydrogens (tertiary/aromatic N) is 1. The lowest BCUT2D eigenvalue weighted by Gasteiger charge is -2.17. The molecular formula is C12H14Cl2N2O. The summed E-state index contributed by atoms with van der Waals surface area (Å²) in [4.78, 5) is 13.7. The van der Waals surface area contributed by atoms with Crippen LogP contribution in [0, 0.1) is 6.92 Å². The third kappa shape index (κ3) is 2.85. The molecule has 1 fully saturated rings. The van der Waals surface area contributed by atoms with Gasteiger partial charge in [0, 0.05) is 18.1 Å². The standard InChI is InChI=1S/C12H14Cl2N2O/c1-8-6-10(14)11(7-9(8)13)15-12(17)16-4-2-3-5-16/h6-7H,2-5H2,1H3,(H,15,17). The first kappa shape index (κ1) is 12.5. The Morgan fingerprint density at radius 2 is 1.88 bits per heavy atom. The van der Waals surface area contributed by atoms with E-state index in [1.165, 1.54) is 0 Å². The summed E-state index contributed by atoms with van der Waals surface area (Å²) < 4.78 is 0. The number of hydrogen-bond acceptors (Lipinski definition) is 1. The van der Waals surface area contributed by atoms with Crippen LogP contribution < -0.4 is 5.32 Å². The van der Waals surface area contributed by atoms with E-state index in [0.29, 0.717) is 15.7 Å². The maximum absolute atomic E-state index is 11.9. The Morgan fingerprint density at radius 3 is 2.53 bits per heavy atom. The summed E-state index contributed by atoms with van der Waals surface area (Å²) in [7, 11) is 0. The lowest BCUT2D eigenvalue weighted by molar-refractivity contribution is 0.222. The van der Waals surface area contributed by atoms with E-state index in [1.54, 1.807) is 17.0 Å². The predicted molar refractivity (Wildman–Crippen MR) is 71.0 cm³/mol. The molecule has 1 aromatic rings. The molecule has 1 heterocycles. The molecule has 5 heteroatoms. The van der Waals surface area contributed by atoms with Gasteiger partial charge in [-0.3, -0.25) is 0 Å². The Labute approximate surface area is 111 Å². The Bertz CT molecular complexity index is 442. The number of rotatable bonds is 1. The van der Waals surface area contributed by atoms with Crippen molar-refractivity contribution in [3.8, 4) is 0 Å². The highest BCUT2D eigenvalue weighted by Gasteiger charge is 2.18. The molecule has 92 valence electrons. The molecule has 0 saturated carbocycles. The molecule has 17 heavy (non-hydrogen) atoms. The quantitative estimate of drug-likeness (QED) is 0.826. The van der Waals surface area contributed by atoms with Crippen molar-refractivity contribution < 1.29 is 4.79 Å². The zero-order valence-electron chi connectivity index (χ0n) is 9.59. The number of hydrogen-bond donors (Lipinski definition) is 1. The molecule has 0 aliphatic carbocycles. The Balaban J connectivity index is 2.12. The first-order valence-electron chi connectivity index (χ1n) is 5.59. The number of anilines is 1. The second-order valence-electron chi connectivity index (χ2n) is 4.21. The van der Waals surface area contributed by atoms with Crippen LogP contribution in [0.2, 0.25) is 10.0 Å². The summed E-state index contributed by atoms with van der Waals surface area (Å²) in [5.41, 5.74) is 1.47. The van der Waals surface area contributed by atoms with E-state index in [4.69, 9.17) is 23.2 Å². The minimum Gasteiger partial charge on any atom is -0.325 e. The molecule has 2 rings (SSSR count). The number of halogens is 2. The molecule has 0 radical (unpaired) electrons. The van der Waals surface area contributed by atoms with Crippen LogP contribution in [0.25, 0.3) is 0 Å². The van der Waals surface area contributed by atoms with Crippen molar-refractivity contribution in [2.75, 3.05) is 18.4 Å². The van der Waals surface area contributed by atoms with E-state index >= 15 is 0 Å². The van der Waals surface area contributed by atoms with Crippen molar-refractivity contribution in [2.45, 2.75) is 19.8 Å². The van der Waals surface area contributed by atoms with E-state index in [2.05, 4.69) is 5.32 Å². The summed E-state index contributed by atoms with van der Waals surface area (Å²) in [6.45, 7) is 3.49. The molecule has 0 aromatic heterocycles. The van der Waals surface area contributed by atoms with Crippen molar-refractivity contribution in [3.63, 3.8) is 0 Å². The van der Waals surface area contributed by atoms with Crippen molar-refractivity contribution in [2.24, 2.45) is 0 Å². The molecule has 0 spiro atoms. The van der Waals surface area contributed by atoms with Gasteiger partial charge in [-0.1, -0.05) is 23.2 Å². The lowest BCUT2D eigenvalue weighted by Crippen LogP contribution is -2.32. The normalized spacial score (nSPS) is 15.1. The minimum absolute atomic E-state index is 0.107. The molecule has 1 aromatic carbocycles. The highest BCUT2D eigenvalue weighted by molar-refractivity contribution is 6.36. The molecule has 1 N–H and O–H groups in total. The summed E-state index contributed by atoms with van der Waals surface area (Å²) in [5, 5.41) is 3.91. The van der Waals surface area contributed by atoms with Crippen LogP contribution in [0.4, 0.5) is 10.5 Å². The second-order valence-corrected chi connectivity index (χ2v) is 5.02. The topological polar surface area (TPSA) is 32.3 Å². The third-order valence-electron chi connectivity index (χ3n) is 2.88. The molecule has 0 unspecified atom stereocenters. The van der Waals surface area contributed by atoms with Gasteiger partial charge >= 0.3 is 6.03 Å². The zero-order valence-corrected chi connectivity index (χ0v) is 11.1. The van der Waals surface area contributed by atoms with Crippen molar-refractivity contribution in [3.05, 3.63) is 27.7 Å². The second kappa shape index (κ2) is 5.15. The van der Waals surface area contributed by atoms with Gasteiger partial charge in [0.05, 0.1) is 10.7 Å². The lowest BCUT2D eigenvalue weighted by atomic mass is 10.2. The van der Waals surface area contributed by atoms with Crippen molar-refractivity contribution in [1.29, 1.82) is 0 Å². The Kier molecular flexibility index (Phi) is 3.79. The van der Waals surface area contributed by atoms with E-state index < -0.39 is 0 Å². The highest BCUT2D eigenvalue weighted by Crippen LogP contribution is 2.29. The first-order valence-corrected chi connectivity index (χ1v) is 6.35. The smallest absolute Gasteiger partial charge is 0.321 e. The van der Waals surface area contributed by atoms with Gasteiger partial charge in [0.15, 0.2) is 0 Å². The van der Waals surface area contributed by atoms with Crippen LogP contribution in [-0.2, 0) is 0 Å². The molecule has 0 atom stereocenters. The van der Waals surface area contributed by atoms with Crippen LogP contribution >= 0.6 is 23.2 Å². The number of nitrogens with one attached hydrogen (secondary N) is 1. The molecular weight excluding hydrogens is 259 g/mol. The largest absolute Gasteiger partial charge is 0.325 e. The Hall–Kier alpha value is -0.930. The van der Waals surface area contributed by atoms with Gasteiger partial charge in [-0.25, -0.2) is 4.79 Å². The fourth-order valence-electron chi connectivity index (χ4n) is 1.86. The fourth-order valence-corrected chi connectivity index (χ4v) is 2.29. The van der Waals surface area contributed by atoms with Crippen molar-refractivity contribution >= 4 is 34.9 Å². The van der Waals surface area contributed by atoms with Crippen LogP contribution in [0.3, 0.4) is 0 Å². The SMILES string of the molecule is Cc1cc(Cl)c(NC(=O)N2CCCC2)cc1Cl. The van der Waals surface area contributed by atoms with E-state index in [0.717, 1.165) is 31.5 Å². The number of urea groups is 1. The van der Waals surface area contributed by atoms with E-state index in [-0.39, 0.29) is 6.03 Å². The maximum Gasteiger partial charge on any atom is 0.321 e. The van der Waals surface area contributed by atoms with E-state index in [9.17, 15) is 4.79 Å². The van der Waals surface area contributed by atoms with Crippen LogP contribution in [0.1, 0.15) is 18.4 Å². The minimum atomic E-state index is -0.107. The van der Waals surface area contributed by atoms with Gasteiger partial charge in [0.1, 0.15) is 0 Å². The number of carbonyl (C=O) groups is 1. The van der Waals surface area contributed by atoms with E-state index in [1.807, 2.05) is 6.92 Å². The predicted octanol–water partition coefficient (Wildman–Crippen LogP) is 3.93. The summed E-state index contributed by atoms with van der Waals surface area (Å²) in [5.74, 6) is 0. The average Bonchev–Trinajstić information content (AvgIpc) is 2.79. The fraction of sp³-hybridized carbons (Fsp3) is 0.417. The number of aryl methyl sites for hydroxylation is 1. The number of likely N-dealkylation sites (tertiary alicyclic amines) is 1. The van der Waals surface area contributed by atoms with Gasteiger partial charge in [-0.15, -0.1) is 0 Å². The highest BCUT2D eigenvalue weighted by atomic mass is 35.5. The Morgan fingerprint density at radius 1 is 1.24 bits per heavy atom. The summed E-state index contributed by atoms with van der Waals surface area (Å²) in [6, 6.07) is 3.33. The third-order valence-corrected chi connectivity index (χ3v) is 3.60. The first-order chi connectivity index (χ1) is 8.08. The molecule has 1 aliphatic rings. The molecule has 1 aliphatic heterocycles. The van der Waals surface area contributed by atoms with Gasteiger partial charge < -0.3 is 10.2 Å². The molecule has 1 saturated heterocycles. The van der Waals surface area contributed by atoms with Gasteiger partial charge in [-0.05, 0) is 37.5 Å². The summed E-state index contributed by atoms with van der Waals surface area (Å²) >= 11 is 12.1. The number of carbonyl (C=O) groups excluding carboxylic acids is 1. The molecule has 2 amide bonds. The monoisotopic (exact) mass is 272 g/mol. The van der Waals surface area contributed by atoms with Crippen LogP contribution in [0.5, 0.6) is 0 Å². The molecule has 0 bridgehead atoms. The number of amides is 2. The van der Waals surface area contributed by atoms with Gasteiger partial charge in [-0.2, -0.15) is 0 Å². The van der Waals surface area contributed by atoms with Crippen molar-refractivity contribution in [1.82, 2.24) is 4.90 Å². The zero-order chi connectivity index (χ0) is 12.4. The van der Waals surface area contributed by atoms with Gasteiger partial charge in [0.25, 0.3) is 0 Å². The average molecular weight is 273 g/mol. The molecule has 3 nitrogen and oxygen atoms in total. The van der Waals surface area contributed by atoms with Gasteiger partial charge in [0.2, 0.25) is 0 Å². The maximum atomic E-state index is 11.9. The number of benzene rings is 1. The summed E-state index contributed by atoms with van der Waals surface area (Å²) in [6.07, 6.45) is 2.13.